The van der Waals surface area contributed by atoms with E-state index >= 15 is 0 Å². The predicted octanol–water partition coefficient (Wildman–Crippen LogP) is 3.87. The minimum absolute atomic E-state index is 0.0626. The van der Waals surface area contributed by atoms with Crippen LogP contribution >= 0.6 is 32.8 Å². The smallest absolute Gasteiger partial charge is 0.355 e. The van der Waals surface area contributed by atoms with Crippen LogP contribution in [0.2, 0.25) is 0 Å². The zero-order valence-electron chi connectivity index (χ0n) is 16.6. The van der Waals surface area contributed by atoms with Gasteiger partial charge in [0.05, 0.1) is 24.0 Å². The van der Waals surface area contributed by atoms with Crippen molar-refractivity contribution in [3.63, 3.8) is 0 Å². The highest BCUT2D eigenvalue weighted by Crippen LogP contribution is 2.99. The third-order valence-electron chi connectivity index (χ3n) is 4.08. The summed E-state index contributed by atoms with van der Waals surface area (Å²) in [7, 11) is 0. The van der Waals surface area contributed by atoms with E-state index in [0.717, 1.165) is 5.30 Å². The van der Waals surface area contributed by atoms with Crippen LogP contribution < -0.4 is 15.3 Å². The van der Waals surface area contributed by atoms with E-state index in [-0.39, 0.29) is 39.0 Å². The molecular weight excluding hydrogens is 512 g/mol. The van der Waals surface area contributed by atoms with Gasteiger partial charge in [-0.15, -0.1) is 0 Å². The zero-order chi connectivity index (χ0) is 23.0. The molecule has 0 spiro atoms. The number of carbonyl (C=O) groups is 2. The van der Waals surface area contributed by atoms with Crippen LogP contribution in [-0.4, -0.2) is 43.2 Å². The van der Waals surface area contributed by atoms with E-state index in [1.807, 2.05) is 52.3 Å². The van der Waals surface area contributed by atoms with Gasteiger partial charge in [0.1, 0.15) is 5.75 Å². The molecule has 2 aromatic carbocycles. The Hall–Kier alpha value is -1.48. The highest BCUT2D eigenvalue weighted by atomic mass is 33.7. The Morgan fingerprint density at radius 3 is 2.50 bits per heavy atom. The first-order valence-electron chi connectivity index (χ1n) is 9.37. The molecule has 1 saturated heterocycles. The van der Waals surface area contributed by atoms with Gasteiger partial charge in [-0.3, -0.25) is 14.9 Å². The molecule has 1 atom stereocenters. The van der Waals surface area contributed by atoms with Crippen LogP contribution in [0.25, 0.3) is 0 Å². The quantitative estimate of drug-likeness (QED) is 0.0762. The average molecular weight is 532 g/mol. The zero-order valence-corrected chi connectivity index (χ0v) is 20.8. The van der Waals surface area contributed by atoms with Crippen LogP contribution in [0.4, 0.5) is 0 Å². The normalized spacial score (nSPS) is 20.6. The summed E-state index contributed by atoms with van der Waals surface area (Å²) in [4.78, 5) is 32.8. The van der Waals surface area contributed by atoms with E-state index in [2.05, 4.69) is 12.1 Å². The van der Waals surface area contributed by atoms with Crippen LogP contribution in [0.3, 0.4) is 0 Å². The number of hydrogen-bond donors (Lipinski definition) is 0. The lowest BCUT2D eigenvalue weighted by Crippen LogP contribution is -2.33. The number of esters is 1. The standard InChI is InChI=1S/C19H19NO7P2S3/c21-14-26-18(13-25-12-4-11-20(23)24)19(22)27-15-7-9-17(10-8-15)29(30)31-28(32-29)16-5-2-1-3-6-16/h1-3,5-10,14,18H,4,11-13H2. The Kier molecular flexibility index (Phi) is 9.52. The monoisotopic (exact) mass is 531 g/mol. The molecule has 1 unspecified atom stereocenters. The van der Waals surface area contributed by atoms with Crippen LogP contribution in [0.1, 0.15) is 6.42 Å². The first kappa shape index (κ1) is 25.1. The second kappa shape index (κ2) is 12.1. The molecule has 0 amide bonds. The second-order valence-electron chi connectivity index (χ2n) is 6.37. The highest BCUT2D eigenvalue weighted by molar-refractivity contribution is 9.43. The first-order chi connectivity index (χ1) is 15.4. The minimum Gasteiger partial charge on any atom is -0.450 e. The molecule has 3 rings (SSSR count). The summed E-state index contributed by atoms with van der Waals surface area (Å²) >= 11 is 9.61. The van der Waals surface area contributed by atoms with Crippen LogP contribution in [0, 0.1) is 10.1 Å². The van der Waals surface area contributed by atoms with Crippen LogP contribution in [0.15, 0.2) is 54.6 Å². The van der Waals surface area contributed by atoms with Crippen molar-refractivity contribution in [2.75, 3.05) is 19.8 Å². The van der Waals surface area contributed by atoms with Crippen molar-refractivity contribution in [2.24, 2.45) is 0 Å². The summed E-state index contributed by atoms with van der Waals surface area (Å²) in [5.74, 6) is -0.490. The Balaban J connectivity index is 1.51. The molecule has 0 N–H and O–H groups in total. The topological polar surface area (TPSA) is 105 Å². The van der Waals surface area contributed by atoms with E-state index in [4.69, 9.17) is 26.0 Å². The van der Waals surface area contributed by atoms with E-state index in [9.17, 15) is 19.7 Å². The SMILES string of the molecule is O=COC(COCCC[N+](=O)[O-])C(=O)Oc1ccc(P2(=S)SP(c3ccccc3)S2)cc1. The Labute approximate surface area is 198 Å². The molecule has 0 radical (unpaired) electrons. The third kappa shape index (κ3) is 7.01. The molecule has 32 heavy (non-hydrogen) atoms. The average Bonchev–Trinajstić information content (AvgIpc) is 2.77. The maximum atomic E-state index is 12.3. The van der Waals surface area contributed by atoms with Gasteiger partial charge in [-0.2, -0.15) is 0 Å². The molecule has 1 aliphatic rings. The lowest BCUT2D eigenvalue weighted by atomic mass is 10.3. The summed E-state index contributed by atoms with van der Waals surface area (Å²) in [6, 6.07) is 17.4. The van der Waals surface area contributed by atoms with E-state index in [0.29, 0.717) is 5.75 Å². The summed E-state index contributed by atoms with van der Waals surface area (Å²) in [6.07, 6.45) is -1.43. The number of hydrogen-bond acceptors (Lipinski definition) is 10. The summed E-state index contributed by atoms with van der Waals surface area (Å²) in [5.41, 5.74) is 0. The lowest BCUT2D eigenvalue weighted by molar-refractivity contribution is -0.481. The largest absolute Gasteiger partial charge is 0.450 e. The van der Waals surface area contributed by atoms with Crippen molar-refractivity contribution in [1.29, 1.82) is 0 Å². The Morgan fingerprint density at radius 2 is 1.88 bits per heavy atom. The molecule has 13 heteroatoms. The molecule has 0 saturated carbocycles. The van der Waals surface area contributed by atoms with Gasteiger partial charge < -0.3 is 14.2 Å². The highest BCUT2D eigenvalue weighted by Gasteiger charge is 2.40. The third-order valence-corrected chi connectivity index (χ3v) is 29.1. The van der Waals surface area contributed by atoms with Crippen LogP contribution in [-0.2, 0) is 30.9 Å². The number of carbonyl (C=O) groups excluding carboxylic acids is 2. The molecule has 1 aliphatic heterocycles. The number of rotatable bonds is 12. The van der Waals surface area contributed by atoms with Gasteiger partial charge in [0.2, 0.25) is 12.6 Å². The second-order valence-corrected chi connectivity index (χ2v) is 23.1. The van der Waals surface area contributed by atoms with Gasteiger partial charge >= 0.3 is 5.97 Å². The van der Waals surface area contributed by atoms with Crippen molar-refractivity contribution in [3.8, 4) is 5.75 Å². The van der Waals surface area contributed by atoms with Gasteiger partial charge in [0.25, 0.3) is 6.47 Å². The summed E-state index contributed by atoms with van der Waals surface area (Å²) in [6.45, 7) is -0.290. The predicted molar refractivity (Wildman–Crippen MR) is 132 cm³/mol. The molecule has 2 aromatic rings. The summed E-state index contributed by atoms with van der Waals surface area (Å²) < 4.78 is 13.4. The molecule has 0 aromatic heterocycles. The number of nitro groups is 1. The number of benzene rings is 2. The number of nitrogens with zero attached hydrogens (tertiary/aromatic N) is 1. The molecule has 8 nitrogen and oxygen atoms in total. The minimum atomic E-state index is -1.76. The van der Waals surface area contributed by atoms with Gasteiger partial charge in [0, 0.05) is 16.6 Å². The fourth-order valence-corrected chi connectivity index (χ4v) is 28.5. The fraction of sp³-hybridized carbons (Fsp3) is 0.263. The maximum Gasteiger partial charge on any atom is 0.355 e. The molecule has 1 heterocycles. The molecule has 0 bridgehead atoms. The van der Waals surface area contributed by atoms with E-state index in [1.165, 1.54) is 5.30 Å². The fourth-order valence-electron chi connectivity index (χ4n) is 2.53. The molecule has 170 valence electrons. The van der Waals surface area contributed by atoms with Crippen molar-refractivity contribution < 1.29 is 28.7 Å². The lowest BCUT2D eigenvalue weighted by Gasteiger charge is -2.37. The maximum absolute atomic E-state index is 12.3. The Morgan fingerprint density at radius 1 is 1.19 bits per heavy atom. The van der Waals surface area contributed by atoms with Crippen molar-refractivity contribution in [2.45, 2.75) is 12.5 Å². The number of ether oxygens (including phenoxy) is 3. The van der Waals surface area contributed by atoms with Crippen molar-refractivity contribution >= 4 is 67.6 Å². The first-order valence-corrected chi connectivity index (χ1v) is 17.6. The molecular formula is C19H19NO7P2S3. The summed E-state index contributed by atoms with van der Waals surface area (Å²) in [5, 5.41) is 12.7. The van der Waals surface area contributed by atoms with E-state index in [1.54, 1.807) is 12.1 Å². The molecule has 0 aliphatic carbocycles. The van der Waals surface area contributed by atoms with Crippen LogP contribution in [0.5, 0.6) is 5.75 Å². The van der Waals surface area contributed by atoms with Gasteiger partial charge in [0.15, 0.2) is 0 Å². The van der Waals surface area contributed by atoms with Gasteiger partial charge in [-0.1, -0.05) is 64.1 Å². The van der Waals surface area contributed by atoms with Gasteiger partial charge in [-0.05, 0) is 29.6 Å². The van der Waals surface area contributed by atoms with E-state index < -0.39 is 21.4 Å². The van der Waals surface area contributed by atoms with Gasteiger partial charge in [-0.25, -0.2) is 4.79 Å². The Bertz CT molecular complexity index is 984. The van der Waals surface area contributed by atoms with Crippen molar-refractivity contribution in [1.82, 2.24) is 0 Å². The molecule has 1 fully saturated rings. The van der Waals surface area contributed by atoms with Crippen molar-refractivity contribution in [3.05, 3.63) is 64.7 Å².